The molecule has 2 aromatic rings. The molecule has 2 aliphatic heterocycles. The van der Waals surface area contributed by atoms with Crippen LogP contribution in [0.1, 0.15) is 5.56 Å². The maximum atomic E-state index is 10.8. The summed E-state index contributed by atoms with van der Waals surface area (Å²) in [4.78, 5) is 14.2. The lowest BCUT2D eigenvalue weighted by Gasteiger charge is -2.33. The summed E-state index contributed by atoms with van der Waals surface area (Å²) in [5.74, 6) is 1.37. The molecule has 0 bridgehead atoms. The van der Waals surface area contributed by atoms with Crippen LogP contribution in [0, 0.1) is 10.1 Å². The first-order valence-electron chi connectivity index (χ1n) is 9.01. The summed E-state index contributed by atoms with van der Waals surface area (Å²) < 4.78 is 11.2. The van der Waals surface area contributed by atoms with Crippen LogP contribution in [0.15, 0.2) is 36.4 Å². The van der Waals surface area contributed by atoms with Gasteiger partial charge in [0, 0.05) is 23.4 Å². The molecule has 4 rings (SSSR count). The molecular weight excluding hydrogens is 370 g/mol. The van der Waals surface area contributed by atoms with Crippen LogP contribution in [0.2, 0.25) is 5.02 Å². The molecule has 0 aliphatic carbocycles. The first kappa shape index (κ1) is 17.9. The molecule has 2 aliphatic rings. The van der Waals surface area contributed by atoms with Crippen molar-refractivity contribution in [2.75, 3.05) is 44.3 Å². The lowest BCUT2D eigenvalue weighted by atomic mass is 10.1. The van der Waals surface area contributed by atoms with E-state index in [9.17, 15) is 10.1 Å². The highest BCUT2D eigenvalue weighted by Crippen LogP contribution is 2.38. The van der Waals surface area contributed by atoms with Gasteiger partial charge in [-0.2, -0.15) is 0 Å². The van der Waals surface area contributed by atoms with Crippen molar-refractivity contribution in [3.05, 3.63) is 57.1 Å². The van der Waals surface area contributed by atoms with Crippen molar-refractivity contribution in [1.29, 1.82) is 0 Å². The van der Waals surface area contributed by atoms with E-state index in [4.69, 9.17) is 21.1 Å². The Morgan fingerprint density at radius 1 is 1.11 bits per heavy atom. The van der Waals surface area contributed by atoms with E-state index in [-0.39, 0.29) is 10.6 Å². The fourth-order valence-electron chi connectivity index (χ4n) is 3.60. The topological polar surface area (TPSA) is 69.3 Å². The van der Waals surface area contributed by atoms with E-state index in [1.54, 1.807) is 12.1 Å². The molecule has 1 saturated heterocycles. The van der Waals surface area contributed by atoms with E-state index in [1.165, 1.54) is 4.90 Å². The Morgan fingerprint density at radius 2 is 1.81 bits per heavy atom. The number of hydrogen-bond acceptors (Lipinski definition) is 5. The predicted octanol–water partition coefficient (Wildman–Crippen LogP) is 1.92. The van der Waals surface area contributed by atoms with Gasteiger partial charge in [-0.3, -0.25) is 10.1 Å². The number of anilines is 1. The minimum Gasteiger partial charge on any atom is -0.486 e. The Balaban J connectivity index is 1.37. The molecule has 0 spiro atoms. The molecule has 142 valence electrons. The van der Waals surface area contributed by atoms with Crippen molar-refractivity contribution in [1.82, 2.24) is 0 Å². The third kappa shape index (κ3) is 3.94. The minimum absolute atomic E-state index is 0.124. The first-order valence-corrected chi connectivity index (χ1v) is 9.39. The number of nitro groups is 1. The summed E-state index contributed by atoms with van der Waals surface area (Å²) in [5.41, 5.74) is 2.29. The predicted molar refractivity (Wildman–Crippen MR) is 102 cm³/mol. The second-order valence-corrected chi connectivity index (χ2v) is 7.20. The Kier molecular flexibility index (Phi) is 5.05. The van der Waals surface area contributed by atoms with Gasteiger partial charge in [0.2, 0.25) is 0 Å². The summed E-state index contributed by atoms with van der Waals surface area (Å²) in [6.45, 7) is 5.75. The third-order valence-corrected chi connectivity index (χ3v) is 5.29. The molecule has 7 nitrogen and oxygen atoms in total. The Hall–Kier alpha value is -2.51. The molecule has 0 aromatic heterocycles. The molecule has 8 heteroatoms. The highest BCUT2D eigenvalue weighted by Gasteiger charge is 2.23. The molecule has 1 N–H and O–H groups in total. The van der Waals surface area contributed by atoms with Gasteiger partial charge in [-0.05, 0) is 24.3 Å². The summed E-state index contributed by atoms with van der Waals surface area (Å²) in [6, 6.07) is 10.8. The number of benzene rings is 2. The number of halogens is 1. The van der Waals surface area contributed by atoms with Gasteiger partial charge in [-0.25, -0.2) is 0 Å². The molecular formula is C19H21ClN3O4+. The molecule has 0 amide bonds. The number of non-ortho nitro benzene ring substituents is 1. The smallest absolute Gasteiger partial charge is 0.269 e. The monoisotopic (exact) mass is 390 g/mol. The highest BCUT2D eigenvalue weighted by atomic mass is 35.5. The summed E-state index contributed by atoms with van der Waals surface area (Å²) >= 11 is 6.33. The van der Waals surface area contributed by atoms with Crippen LogP contribution in [0.3, 0.4) is 0 Å². The number of fused-ring (bicyclic) bond motifs is 1. The standard InChI is InChI=1S/C19H20ClN3O4/c20-17-11-14(12-18-19(17)27-10-9-26-18)13-21-5-7-22(8-6-21)15-1-3-16(4-2-15)23(24)25/h1-4,11-12H,5-10,13H2/p+1. The second kappa shape index (κ2) is 7.62. The van der Waals surface area contributed by atoms with Gasteiger partial charge in [0.25, 0.3) is 5.69 Å². The SMILES string of the molecule is O=[N+]([O-])c1ccc(N2CC[NH+](Cc3cc(Cl)c4c(c3)OCCO4)CC2)cc1. The molecule has 2 heterocycles. The zero-order valence-electron chi connectivity index (χ0n) is 14.8. The molecule has 0 atom stereocenters. The van der Waals surface area contributed by atoms with E-state index >= 15 is 0 Å². The number of nitrogens with one attached hydrogen (secondary N) is 1. The fraction of sp³-hybridized carbons (Fsp3) is 0.368. The average Bonchev–Trinajstić information content (AvgIpc) is 2.69. The average molecular weight is 391 g/mol. The zero-order valence-corrected chi connectivity index (χ0v) is 15.6. The summed E-state index contributed by atoms with van der Waals surface area (Å²) in [5, 5.41) is 11.4. The van der Waals surface area contributed by atoms with Crippen molar-refractivity contribution in [3.8, 4) is 11.5 Å². The molecule has 0 saturated carbocycles. The molecule has 0 unspecified atom stereocenters. The maximum absolute atomic E-state index is 10.8. The fourth-order valence-corrected chi connectivity index (χ4v) is 3.89. The van der Waals surface area contributed by atoms with Gasteiger partial charge < -0.3 is 19.3 Å². The van der Waals surface area contributed by atoms with Crippen LogP contribution in [0.25, 0.3) is 0 Å². The van der Waals surface area contributed by atoms with Gasteiger partial charge in [0.1, 0.15) is 19.8 Å². The molecule has 1 fully saturated rings. The quantitative estimate of drug-likeness (QED) is 0.638. The van der Waals surface area contributed by atoms with E-state index in [2.05, 4.69) is 4.90 Å². The van der Waals surface area contributed by atoms with Gasteiger partial charge in [-0.15, -0.1) is 0 Å². The van der Waals surface area contributed by atoms with E-state index in [0.29, 0.717) is 24.0 Å². The van der Waals surface area contributed by atoms with Crippen LogP contribution >= 0.6 is 11.6 Å². The van der Waals surface area contributed by atoms with Gasteiger partial charge in [0.05, 0.1) is 36.1 Å². The van der Waals surface area contributed by atoms with Gasteiger partial charge in [0.15, 0.2) is 11.5 Å². The highest BCUT2D eigenvalue weighted by molar-refractivity contribution is 6.32. The lowest BCUT2D eigenvalue weighted by Crippen LogP contribution is -3.13. The number of hydrogen-bond donors (Lipinski definition) is 1. The largest absolute Gasteiger partial charge is 0.486 e. The van der Waals surface area contributed by atoms with Crippen LogP contribution < -0.4 is 19.3 Å². The van der Waals surface area contributed by atoms with E-state index in [1.807, 2.05) is 24.3 Å². The molecule has 2 aromatic carbocycles. The van der Waals surface area contributed by atoms with Crippen molar-refractivity contribution in [2.24, 2.45) is 0 Å². The summed E-state index contributed by atoms with van der Waals surface area (Å²) in [7, 11) is 0. The van der Waals surface area contributed by atoms with Crippen molar-refractivity contribution in [2.45, 2.75) is 6.54 Å². The second-order valence-electron chi connectivity index (χ2n) is 6.79. The van der Waals surface area contributed by atoms with E-state index < -0.39 is 0 Å². The Bertz CT molecular complexity index is 836. The lowest BCUT2D eigenvalue weighted by molar-refractivity contribution is -0.914. The van der Waals surface area contributed by atoms with Crippen molar-refractivity contribution in [3.63, 3.8) is 0 Å². The number of piperazine rings is 1. The van der Waals surface area contributed by atoms with Gasteiger partial charge in [-0.1, -0.05) is 11.6 Å². The summed E-state index contributed by atoms with van der Waals surface area (Å²) in [6.07, 6.45) is 0. The first-order chi connectivity index (χ1) is 13.1. The third-order valence-electron chi connectivity index (χ3n) is 5.01. The molecule has 0 radical (unpaired) electrons. The number of ether oxygens (including phenoxy) is 2. The number of nitrogens with zero attached hydrogens (tertiary/aromatic N) is 2. The van der Waals surface area contributed by atoms with Crippen molar-refractivity contribution < 1.29 is 19.3 Å². The minimum atomic E-state index is -0.371. The van der Waals surface area contributed by atoms with Crippen LogP contribution in [-0.2, 0) is 6.54 Å². The van der Waals surface area contributed by atoms with Crippen LogP contribution in [0.5, 0.6) is 11.5 Å². The van der Waals surface area contributed by atoms with Crippen LogP contribution in [-0.4, -0.2) is 44.3 Å². The zero-order chi connectivity index (χ0) is 18.8. The maximum Gasteiger partial charge on any atom is 0.269 e. The van der Waals surface area contributed by atoms with Crippen LogP contribution in [0.4, 0.5) is 11.4 Å². The van der Waals surface area contributed by atoms with Crippen molar-refractivity contribution >= 4 is 23.0 Å². The molecule has 27 heavy (non-hydrogen) atoms. The van der Waals surface area contributed by atoms with Gasteiger partial charge >= 0.3 is 0 Å². The Labute approximate surface area is 162 Å². The normalized spacial score (nSPS) is 17.0. The Morgan fingerprint density at radius 3 is 2.52 bits per heavy atom. The number of rotatable bonds is 4. The van der Waals surface area contributed by atoms with E-state index in [0.717, 1.165) is 49.7 Å². The number of quaternary nitrogens is 1. The number of nitro benzene ring substituents is 1.